The molecule has 0 radical (unpaired) electrons. The average molecular weight is 369 g/mol. The minimum atomic E-state index is -0.566. The van der Waals surface area contributed by atoms with Crippen molar-refractivity contribution in [2.45, 2.75) is 13.0 Å². The Bertz CT molecular complexity index is 767. The lowest BCUT2D eigenvalue weighted by Gasteiger charge is -2.16. The van der Waals surface area contributed by atoms with Crippen molar-refractivity contribution in [2.24, 2.45) is 0 Å². The summed E-state index contributed by atoms with van der Waals surface area (Å²) in [6, 6.07) is 10.5. The summed E-state index contributed by atoms with van der Waals surface area (Å²) in [5, 5.41) is 14.5. The summed E-state index contributed by atoms with van der Waals surface area (Å²) in [5.74, 6) is -0.388. The minimum Gasteiger partial charge on any atom is -0.477 e. The van der Waals surface area contributed by atoms with E-state index in [1.807, 2.05) is 0 Å². The molecule has 2 rings (SSSR count). The van der Waals surface area contributed by atoms with E-state index in [1.54, 1.807) is 31.2 Å². The largest absolute Gasteiger partial charge is 0.477 e. The van der Waals surface area contributed by atoms with Crippen LogP contribution in [0.25, 0.3) is 0 Å². The second-order valence-corrected chi connectivity index (χ2v) is 5.81. The number of carbonyl (C=O) groups is 1. The minimum absolute atomic E-state index is 0.0369. The van der Waals surface area contributed by atoms with Crippen LogP contribution >= 0.6 is 23.2 Å². The van der Waals surface area contributed by atoms with Crippen molar-refractivity contribution in [1.29, 1.82) is 0 Å². The van der Waals surface area contributed by atoms with Gasteiger partial charge in [0.25, 0.3) is 5.91 Å². The van der Waals surface area contributed by atoms with Crippen LogP contribution in [0.1, 0.15) is 18.5 Å². The van der Waals surface area contributed by atoms with E-state index in [0.717, 1.165) is 0 Å². The maximum Gasteiger partial charge on any atom is 0.310 e. The van der Waals surface area contributed by atoms with E-state index in [-0.39, 0.29) is 24.1 Å². The number of nitro groups is 1. The predicted octanol–water partition coefficient (Wildman–Crippen LogP) is 4.16. The van der Waals surface area contributed by atoms with Crippen molar-refractivity contribution >= 4 is 34.8 Å². The molecule has 1 atom stereocenters. The Balaban J connectivity index is 1.97. The molecule has 1 N–H and O–H groups in total. The van der Waals surface area contributed by atoms with Gasteiger partial charge in [-0.3, -0.25) is 14.9 Å². The van der Waals surface area contributed by atoms with Gasteiger partial charge in [-0.25, -0.2) is 0 Å². The average Bonchev–Trinajstić information content (AvgIpc) is 2.52. The van der Waals surface area contributed by atoms with Crippen LogP contribution in [0.5, 0.6) is 5.75 Å². The lowest BCUT2D eigenvalue weighted by atomic mass is 10.1. The van der Waals surface area contributed by atoms with Crippen LogP contribution < -0.4 is 10.1 Å². The number of rotatable bonds is 6. The Morgan fingerprint density at radius 3 is 2.67 bits per heavy atom. The van der Waals surface area contributed by atoms with Crippen LogP contribution in [0.4, 0.5) is 5.69 Å². The zero-order valence-electron chi connectivity index (χ0n) is 12.7. The number of halogens is 2. The maximum absolute atomic E-state index is 12.0. The number of nitrogens with zero attached hydrogens (tertiary/aromatic N) is 1. The third-order valence-electron chi connectivity index (χ3n) is 3.23. The van der Waals surface area contributed by atoms with E-state index in [4.69, 9.17) is 27.9 Å². The molecule has 0 saturated heterocycles. The molecule has 2 aromatic carbocycles. The van der Waals surface area contributed by atoms with Crippen molar-refractivity contribution in [3.63, 3.8) is 0 Å². The molecule has 0 heterocycles. The van der Waals surface area contributed by atoms with Crippen LogP contribution in [0, 0.1) is 10.1 Å². The van der Waals surface area contributed by atoms with Crippen LogP contribution in [0.2, 0.25) is 10.0 Å². The third kappa shape index (κ3) is 4.59. The smallest absolute Gasteiger partial charge is 0.310 e. The monoisotopic (exact) mass is 368 g/mol. The molecule has 24 heavy (non-hydrogen) atoms. The molecule has 0 aliphatic rings. The van der Waals surface area contributed by atoms with Gasteiger partial charge < -0.3 is 10.1 Å². The van der Waals surface area contributed by atoms with Crippen molar-refractivity contribution in [1.82, 2.24) is 5.32 Å². The Hall–Kier alpha value is -2.31. The highest BCUT2D eigenvalue weighted by Gasteiger charge is 2.17. The van der Waals surface area contributed by atoms with Gasteiger partial charge in [0.2, 0.25) is 0 Å². The lowest BCUT2D eigenvalue weighted by molar-refractivity contribution is -0.385. The van der Waals surface area contributed by atoms with E-state index in [0.29, 0.717) is 15.6 Å². The van der Waals surface area contributed by atoms with Crippen LogP contribution in [-0.2, 0) is 4.79 Å². The maximum atomic E-state index is 12.0. The summed E-state index contributed by atoms with van der Waals surface area (Å²) >= 11 is 11.9. The summed E-state index contributed by atoms with van der Waals surface area (Å²) in [5.41, 5.74) is 0.513. The lowest BCUT2D eigenvalue weighted by Crippen LogP contribution is -2.31. The Labute approximate surface area is 148 Å². The summed E-state index contributed by atoms with van der Waals surface area (Å²) in [7, 11) is 0. The van der Waals surface area contributed by atoms with Crippen LogP contribution in [0.15, 0.2) is 42.5 Å². The van der Waals surface area contributed by atoms with Gasteiger partial charge in [0.1, 0.15) is 0 Å². The molecule has 0 fully saturated rings. The number of benzene rings is 2. The molecule has 0 saturated carbocycles. The van der Waals surface area contributed by atoms with Crippen molar-refractivity contribution in [3.05, 3.63) is 68.2 Å². The second-order valence-electron chi connectivity index (χ2n) is 4.97. The third-order valence-corrected chi connectivity index (χ3v) is 3.79. The van der Waals surface area contributed by atoms with Gasteiger partial charge in [-0.05, 0) is 30.7 Å². The molecular formula is C16H14Cl2N2O4. The van der Waals surface area contributed by atoms with Gasteiger partial charge in [0.05, 0.1) is 11.0 Å². The van der Waals surface area contributed by atoms with Gasteiger partial charge in [0.15, 0.2) is 12.4 Å². The fraction of sp³-hybridized carbons (Fsp3) is 0.188. The number of carbonyl (C=O) groups excluding carboxylic acids is 1. The second kappa shape index (κ2) is 7.99. The molecule has 0 aromatic heterocycles. The molecule has 0 bridgehead atoms. The highest BCUT2D eigenvalue weighted by molar-refractivity contribution is 6.35. The number of nitrogens with one attached hydrogen (secondary N) is 1. The Morgan fingerprint density at radius 2 is 2.00 bits per heavy atom. The number of hydrogen-bond donors (Lipinski definition) is 1. The van der Waals surface area contributed by atoms with E-state index < -0.39 is 10.8 Å². The molecule has 8 heteroatoms. The molecule has 0 spiro atoms. The number of ether oxygens (including phenoxy) is 1. The van der Waals surface area contributed by atoms with Crippen molar-refractivity contribution in [2.75, 3.05) is 6.61 Å². The van der Waals surface area contributed by atoms with Gasteiger partial charge in [-0.15, -0.1) is 0 Å². The van der Waals surface area contributed by atoms with Crippen molar-refractivity contribution < 1.29 is 14.5 Å². The number of hydrogen-bond acceptors (Lipinski definition) is 4. The molecule has 0 aliphatic carbocycles. The summed E-state index contributed by atoms with van der Waals surface area (Å²) in [4.78, 5) is 22.3. The molecule has 2 aromatic rings. The Morgan fingerprint density at radius 1 is 1.29 bits per heavy atom. The first kappa shape index (κ1) is 18.0. The van der Waals surface area contributed by atoms with E-state index in [1.165, 1.54) is 18.2 Å². The first-order chi connectivity index (χ1) is 11.4. The normalized spacial score (nSPS) is 11.6. The number of nitro benzene ring substituents is 1. The summed E-state index contributed by atoms with van der Waals surface area (Å²) in [6.45, 7) is 1.42. The van der Waals surface area contributed by atoms with Gasteiger partial charge in [0, 0.05) is 16.1 Å². The summed E-state index contributed by atoms with van der Waals surface area (Å²) < 4.78 is 5.24. The van der Waals surface area contributed by atoms with Crippen molar-refractivity contribution in [3.8, 4) is 5.75 Å². The van der Waals surface area contributed by atoms with E-state index in [2.05, 4.69) is 5.32 Å². The fourth-order valence-corrected chi connectivity index (χ4v) is 2.66. The quantitative estimate of drug-likeness (QED) is 0.612. The van der Waals surface area contributed by atoms with E-state index >= 15 is 0 Å². The van der Waals surface area contributed by atoms with Crippen LogP contribution in [0.3, 0.4) is 0 Å². The van der Waals surface area contributed by atoms with Crippen LogP contribution in [-0.4, -0.2) is 17.4 Å². The van der Waals surface area contributed by atoms with E-state index in [9.17, 15) is 14.9 Å². The zero-order chi connectivity index (χ0) is 17.7. The first-order valence-corrected chi connectivity index (χ1v) is 7.74. The number of para-hydroxylation sites is 2. The molecule has 126 valence electrons. The highest BCUT2D eigenvalue weighted by atomic mass is 35.5. The Kier molecular flexibility index (Phi) is 6.00. The SMILES string of the molecule is C[C@H](NC(=O)COc1ccccc1[N+](=O)[O-])c1ccc(Cl)cc1Cl. The molecular weight excluding hydrogens is 355 g/mol. The number of amides is 1. The topological polar surface area (TPSA) is 81.5 Å². The standard InChI is InChI=1S/C16H14Cl2N2O4/c1-10(12-7-6-11(17)8-13(12)18)19-16(21)9-24-15-5-3-2-4-14(15)20(22)23/h2-8,10H,9H2,1H3,(H,19,21)/t10-/m0/s1. The van der Waals surface area contributed by atoms with Gasteiger partial charge in [-0.1, -0.05) is 41.4 Å². The fourth-order valence-electron chi connectivity index (χ4n) is 2.09. The highest BCUT2D eigenvalue weighted by Crippen LogP contribution is 2.27. The van der Waals surface area contributed by atoms with Gasteiger partial charge in [-0.2, -0.15) is 0 Å². The summed E-state index contributed by atoms with van der Waals surface area (Å²) in [6.07, 6.45) is 0. The predicted molar refractivity (Wildman–Crippen MR) is 91.6 cm³/mol. The van der Waals surface area contributed by atoms with Gasteiger partial charge >= 0.3 is 5.69 Å². The molecule has 0 unspecified atom stereocenters. The molecule has 0 aliphatic heterocycles. The molecule has 6 nitrogen and oxygen atoms in total. The first-order valence-electron chi connectivity index (χ1n) is 6.99. The molecule has 1 amide bonds. The zero-order valence-corrected chi connectivity index (χ0v) is 14.2.